The van der Waals surface area contributed by atoms with Crippen molar-refractivity contribution in [3.8, 4) is 11.1 Å². The number of amides is 2. The molecular weight excluding hydrogens is 668 g/mol. The Labute approximate surface area is 235 Å². The van der Waals surface area contributed by atoms with E-state index in [0.29, 0.717) is 19.2 Å². The van der Waals surface area contributed by atoms with Crippen molar-refractivity contribution in [1.82, 2.24) is 0 Å². The number of carbonyl (C=O) groups excluding carboxylic acids is 2. The number of hydrogen-bond acceptors (Lipinski definition) is 2. The van der Waals surface area contributed by atoms with Crippen LogP contribution in [-0.4, -0.2) is 31.2 Å². The SMILES string of the molecule is CN(C(=O)c1ccc(F)c(-c2ccccc2C(N)=O)c1F)c1c(Br)cc(C(F)(C(F)(F)F)C(F)(F)F)cc1C(F)(F)F. The molecule has 2 amide bonds. The number of carbonyl (C=O) groups is 2. The summed E-state index contributed by atoms with van der Waals surface area (Å²) in [6, 6.07) is 4.62. The first kappa shape index (κ1) is 32.8. The molecule has 3 aromatic rings. The summed E-state index contributed by atoms with van der Waals surface area (Å²) >= 11 is 2.36. The van der Waals surface area contributed by atoms with Gasteiger partial charge in [-0.2, -0.15) is 39.5 Å². The topological polar surface area (TPSA) is 63.4 Å². The van der Waals surface area contributed by atoms with Crippen LogP contribution in [0.3, 0.4) is 0 Å². The molecule has 17 heteroatoms. The number of anilines is 1. The van der Waals surface area contributed by atoms with Crippen LogP contribution < -0.4 is 10.6 Å². The van der Waals surface area contributed by atoms with Crippen LogP contribution in [0.25, 0.3) is 11.1 Å². The molecule has 0 saturated carbocycles. The summed E-state index contributed by atoms with van der Waals surface area (Å²) in [5.74, 6) is -5.86. The maximum atomic E-state index is 15.5. The van der Waals surface area contributed by atoms with Gasteiger partial charge in [0.2, 0.25) is 5.91 Å². The fourth-order valence-corrected chi connectivity index (χ4v) is 4.73. The minimum atomic E-state index is -6.76. The lowest BCUT2D eigenvalue weighted by Gasteiger charge is -2.32. The lowest BCUT2D eigenvalue weighted by molar-refractivity contribution is -0.348. The molecule has 4 nitrogen and oxygen atoms in total. The Balaban J connectivity index is 2.27. The summed E-state index contributed by atoms with van der Waals surface area (Å²) in [5.41, 5.74) is -10.3. The smallest absolute Gasteiger partial charge is 0.366 e. The fraction of sp³-hybridized carbons (Fsp3) is 0.200. The summed E-state index contributed by atoms with van der Waals surface area (Å²) < 4.78 is 165. The number of halogens is 13. The maximum Gasteiger partial charge on any atom is 0.435 e. The number of primary amides is 1. The van der Waals surface area contributed by atoms with Gasteiger partial charge in [0, 0.05) is 28.2 Å². The Morgan fingerprint density at radius 2 is 1.36 bits per heavy atom. The van der Waals surface area contributed by atoms with Crippen molar-refractivity contribution >= 4 is 33.4 Å². The van der Waals surface area contributed by atoms with Gasteiger partial charge in [0.05, 0.1) is 22.4 Å². The lowest BCUT2D eigenvalue weighted by Crippen LogP contribution is -2.50. The average molecular weight is 681 g/mol. The van der Waals surface area contributed by atoms with Gasteiger partial charge in [-0.1, -0.05) is 18.2 Å². The van der Waals surface area contributed by atoms with Gasteiger partial charge in [-0.15, -0.1) is 0 Å². The highest BCUT2D eigenvalue weighted by molar-refractivity contribution is 9.10. The summed E-state index contributed by atoms with van der Waals surface area (Å²) in [4.78, 5) is 24.9. The minimum Gasteiger partial charge on any atom is -0.366 e. The lowest BCUT2D eigenvalue weighted by atomic mass is 9.91. The van der Waals surface area contributed by atoms with Crippen LogP contribution in [0.15, 0.2) is 53.0 Å². The molecule has 0 saturated heterocycles. The van der Waals surface area contributed by atoms with E-state index in [4.69, 9.17) is 5.73 Å². The molecular formula is C25H13BrF12N2O2. The maximum absolute atomic E-state index is 15.5. The van der Waals surface area contributed by atoms with Crippen LogP contribution >= 0.6 is 15.9 Å². The first-order chi connectivity index (χ1) is 19.1. The monoisotopic (exact) mass is 680 g/mol. The summed E-state index contributed by atoms with van der Waals surface area (Å²) in [7, 11) is 0.549. The van der Waals surface area contributed by atoms with Crippen molar-refractivity contribution in [2.75, 3.05) is 11.9 Å². The molecule has 0 bridgehead atoms. The van der Waals surface area contributed by atoms with Crippen molar-refractivity contribution in [1.29, 1.82) is 0 Å². The standard InChI is InChI=1S/C25H13BrF12N2O2/c1-40(21(42)13-6-7-16(27)17(18(13)28)11-4-2-3-5-12(11)20(39)41)19-14(23(30,31)32)8-10(9-15(19)26)22(29,24(33,34)35)25(36,37)38/h2-9H,1H3,(H2,39,41). The van der Waals surface area contributed by atoms with Gasteiger partial charge < -0.3 is 10.6 Å². The van der Waals surface area contributed by atoms with Gasteiger partial charge in [0.15, 0.2) is 0 Å². The normalized spacial score (nSPS) is 12.8. The Morgan fingerprint density at radius 3 is 1.86 bits per heavy atom. The zero-order chi connectivity index (χ0) is 32.2. The van der Waals surface area contributed by atoms with Gasteiger partial charge in [-0.05, 0) is 46.3 Å². The van der Waals surface area contributed by atoms with Crippen LogP contribution in [0, 0.1) is 11.6 Å². The zero-order valence-electron chi connectivity index (χ0n) is 20.4. The van der Waals surface area contributed by atoms with Crippen LogP contribution in [0.4, 0.5) is 58.4 Å². The summed E-state index contributed by atoms with van der Waals surface area (Å²) in [6.07, 6.45) is -19.3. The largest absolute Gasteiger partial charge is 0.435 e. The van der Waals surface area contributed by atoms with Crippen molar-refractivity contribution in [3.05, 3.63) is 86.9 Å². The van der Waals surface area contributed by atoms with Crippen molar-refractivity contribution in [2.24, 2.45) is 5.73 Å². The second-order valence-corrected chi connectivity index (χ2v) is 9.42. The van der Waals surface area contributed by atoms with Crippen LogP contribution in [-0.2, 0) is 11.8 Å². The van der Waals surface area contributed by atoms with E-state index in [2.05, 4.69) is 15.9 Å². The first-order valence-electron chi connectivity index (χ1n) is 10.9. The van der Waals surface area contributed by atoms with Crippen LogP contribution in [0.2, 0.25) is 0 Å². The predicted octanol–water partition coefficient (Wildman–Crippen LogP) is 8.08. The second-order valence-electron chi connectivity index (χ2n) is 8.56. The Morgan fingerprint density at radius 1 is 0.810 bits per heavy atom. The summed E-state index contributed by atoms with van der Waals surface area (Å²) in [6.45, 7) is 0. The number of nitrogens with zero attached hydrogens (tertiary/aromatic N) is 1. The van der Waals surface area contributed by atoms with Crippen LogP contribution in [0.1, 0.15) is 31.8 Å². The molecule has 3 rings (SSSR count). The molecule has 0 spiro atoms. The van der Waals surface area contributed by atoms with Crippen molar-refractivity contribution in [2.45, 2.75) is 24.2 Å². The van der Waals surface area contributed by atoms with E-state index in [1.807, 2.05) is 0 Å². The molecule has 0 unspecified atom stereocenters. The fourth-order valence-electron chi connectivity index (χ4n) is 4.01. The van der Waals surface area contributed by atoms with E-state index >= 15 is 4.39 Å². The van der Waals surface area contributed by atoms with Gasteiger partial charge in [0.1, 0.15) is 11.6 Å². The number of alkyl halides is 10. The van der Waals surface area contributed by atoms with Gasteiger partial charge >= 0.3 is 24.2 Å². The molecule has 0 fully saturated rings. The average Bonchev–Trinajstić information content (AvgIpc) is 2.85. The number of hydrogen-bond donors (Lipinski definition) is 1. The third kappa shape index (κ3) is 5.53. The molecule has 3 aromatic carbocycles. The molecule has 0 heterocycles. The highest BCUT2D eigenvalue weighted by Crippen LogP contribution is 2.55. The summed E-state index contributed by atoms with van der Waals surface area (Å²) in [5, 5.41) is 0. The number of benzene rings is 3. The van der Waals surface area contributed by atoms with Crippen molar-refractivity contribution < 1.29 is 62.3 Å². The molecule has 2 N–H and O–H groups in total. The Hall–Kier alpha value is -3.76. The van der Waals surface area contributed by atoms with E-state index in [9.17, 15) is 57.9 Å². The molecule has 0 aliphatic rings. The van der Waals surface area contributed by atoms with Crippen molar-refractivity contribution in [3.63, 3.8) is 0 Å². The zero-order valence-corrected chi connectivity index (χ0v) is 22.0. The Bertz CT molecular complexity index is 1550. The van der Waals surface area contributed by atoms with Crippen LogP contribution in [0.5, 0.6) is 0 Å². The molecule has 0 aliphatic heterocycles. The van der Waals surface area contributed by atoms with Gasteiger partial charge in [-0.3, -0.25) is 9.59 Å². The Kier molecular flexibility index (Phi) is 8.44. The first-order valence-corrected chi connectivity index (χ1v) is 11.7. The van der Waals surface area contributed by atoms with E-state index in [1.165, 1.54) is 12.1 Å². The number of nitrogens with two attached hydrogens (primary N) is 1. The molecule has 0 radical (unpaired) electrons. The molecule has 0 aromatic heterocycles. The minimum absolute atomic E-state index is 0.00212. The third-order valence-electron chi connectivity index (χ3n) is 5.97. The van der Waals surface area contributed by atoms with Gasteiger partial charge in [0.25, 0.3) is 5.91 Å². The molecule has 226 valence electrons. The third-order valence-corrected chi connectivity index (χ3v) is 6.58. The molecule has 42 heavy (non-hydrogen) atoms. The second kappa shape index (κ2) is 10.8. The van der Waals surface area contributed by atoms with E-state index in [-0.39, 0.29) is 11.0 Å². The van der Waals surface area contributed by atoms with E-state index in [0.717, 1.165) is 12.1 Å². The highest BCUT2D eigenvalue weighted by atomic mass is 79.9. The molecule has 0 atom stereocenters. The number of rotatable bonds is 5. The molecule has 0 aliphatic carbocycles. The van der Waals surface area contributed by atoms with E-state index in [1.54, 1.807) is 0 Å². The van der Waals surface area contributed by atoms with Gasteiger partial charge in [-0.25, -0.2) is 13.2 Å². The highest BCUT2D eigenvalue weighted by Gasteiger charge is 2.73. The van der Waals surface area contributed by atoms with E-state index < -0.39 is 97.3 Å². The predicted molar refractivity (Wildman–Crippen MR) is 127 cm³/mol. The quantitative estimate of drug-likeness (QED) is 0.277.